The lowest BCUT2D eigenvalue weighted by molar-refractivity contribution is -0.174. The highest BCUT2D eigenvalue weighted by atomic mass is 16.5. The van der Waals surface area contributed by atoms with Gasteiger partial charge in [-0.3, -0.25) is 0 Å². The van der Waals surface area contributed by atoms with Gasteiger partial charge in [0.1, 0.15) is 12.2 Å². The Labute approximate surface area is 65.4 Å². The summed E-state index contributed by atoms with van der Waals surface area (Å²) >= 11 is 0. The third-order valence-corrected chi connectivity index (χ3v) is 1.94. The van der Waals surface area contributed by atoms with Crippen molar-refractivity contribution in [1.29, 1.82) is 0 Å². The quantitative estimate of drug-likeness (QED) is 0.456. The molecule has 1 unspecified atom stereocenters. The maximum atomic E-state index is 9.22. The highest BCUT2D eigenvalue weighted by Crippen LogP contribution is 2.19. The molecule has 1 aliphatic heterocycles. The second-order valence-corrected chi connectivity index (χ2v) is 2.96. The average Bonchev–Trinajstić information content (AvgIpc) is 1.96. The van der Waals surface area contributed by atoms with Crippen molar-refractivity contribution < 1.29 is 20.1 Å². The molecule has 0 radical (unpaired) electrons. The van der Waals surface area contributed by atoms with E-state index in [1.807, 2.05) is 0 Å². The minimum atomic E-state index is -0.948. The van der Waals surface area contributed by atoms with Crippen molar-refractivity contribution in [3.05, 3.63) is 0 Å². The first-order valence-corrected chi connectivity index (χ1v) is 3.77. The molecular formula is C7H14O4. The summed E-state index contributed by atoms with van der Waals surface area (Å²) in [5.74, 6) is 0. The molecule has 0 aromatic heterocycles. The van der Waals surface area contributed by atoms with Crippen LogP contribution in [0.1, 0.15) is 13.3 Å². The van der Waals surface area contributed by atoms with Gasteiger partial charge in [-0.1, -0.05) is 0 Å². The highest BCUT2D eigenvalue weighted by Gasteiger charge is 2.34. The minimum absolute atomic E-state index is 0.0921. The molecule has 1 saturated heterocycles. The van der Waals surface area contributed by atoms with E-state index in [-0.39, 0.29) is 12.7 Å². The van der Waals surface area contributed by atoms with E-state index in [4.69, 9.17) is 9.84 Å². The van der Waals surface area contributed by atoms with Gasteiger partial charge >= 0.3 is 0 Å². The summed E-state index contributed by atoms with van der Waals surface area (Å²) in [6, 6.07) is 0. The number of aliphatic hydroxyl groups is 3. The average molecular weight is 162 g/mol. The van der Waals surface area contributed by atoms with Crippen molar-refractivity contribution in [3.63, 3.8) is 0 Å². The van der Waals surface area contributed by atoms with Crippen LogP contribution in [-0.2, 0) is 4.74 Å². The van der Waals surface area contributed by atoms with Crippen LogP contribution in [0.4, 0.5) is 0 Å². The van der Waals surface area contributed by atoms with Crippen LogP contribution < -0.4 is 0 Å². The molecule has 0 bridgehead atoms. The van der Waals surface area contributed by atoms with Gasteiger partial charge < -0.3 is 20.1 Å². The lowest BCUT2D eigenvalue weighted by atomic mass is 9.99. The van der Waals surface area contributed by atoms with Crippen molar-refractivity contribution in [3.8, 4) is 0 Å². The number of ether oxygens (including phenoxy) is 1. The van der Waals surface area contributed by atoms with Gasteiger partial charge in [-0.25, -0.2) is 0 Å². The summed E-state index contributed by atoms with van der Waals surface area (Å²) in [6.07, 6.45) is -2.01. The molecule has 0 aromatic rings. The second kappa shape index (κ2) is 3.49. The Bertz CT molecular complexity index is 128. The van der Waals surface area contributed by atoms with E-state index in [0.29, 0.717) is 6.42 Å². The van der Waals surface area contributed by atoms with Crippen molar-refractivity contribution >= 4 is 0 Å². The summed E-state index contributed by atoms with van der Waals surface area (Å²) in [4.78, 5) is 0. The van der Waals surface area contributed by atoms with Crippen molar-refractivity contribution in [1.82, 2.24) is 0 Å². The maximum Gasteiger partial charge on any atom is 0.109 e. The highest BCUT2D eigenvalue weighted by molar-refractivity contribution is 4.83. The Kier molecular flexibility index (Phi) is 2.84. The van der Waals surface area contributed by atoms with Crippen LogP contribution in [0.5, 0.6) is 0 Å². The van der Waals surface area contributed by atoms with Gasteiger partial charge in [0.05, 0.1) is 18.8 Å². The number of hydrogen-bond donors (Lipinski definition) is 3. The third-order valence-electron chi connectivity index (χ3n) is 1.94. The van der Waals surface area contributed by atoms with E-state index >= 15 is 0 Å². The van der Waals surface area contributed by atoms with Crippen molar-refractivity contribution in [2.24, 2.45) is 0 Å². The zero-order valence-electron chi connectivity index (χ0n) is 6.47. The zero-order valence-corrected chi connectivity index (χ0v) is 6.47. The van der Waals surface area contributed by atoms with Gasteiger partial charge in [-0.15, -0.1) is 0 Å². The first-order valence-electron chi connectivity index (χ1n) is 3.77. The SMILES string of the molecule is C[C@H]1C[C@@H](O)[C@H](O)C(CO)O1. The summed E-state index contributed by atoms with van der Waals surface area (Å²) in [5, 5.41) is 27.1. The molecule has 1 aliphatic rings. The van der Waals surface area contributed by atoms with E-state index in [9.17, 15) is 10.2 Å². The van der Waals surface area contributed by atoms with Gasteiger partial charge in [-0.05, 0) is 6.92 Å². The van der Waals surface area contributed by atoms with Crippen LogP contribution in [0.15, 0.2) is 0 Å². The molecule has 4 heteroatoms. The van der Waals surface area contributed by atoms with Crippen molar-refractivity contribution in [2.75, 3.05) is 6.61 Å². The molecule has 1 heterocycles. The predicted octanol–water partition coefficient (Wildman–Crippen LogP) is -1.12. The molecule has 0 saturated carbocycles. The normalized spacial score (nSPS) is 45.8. The molecule has 4 atom stereocenters. The van der Waals surface area contributed by atoms with Gasteiger partial charge in [0.25, 0.3) is 0 Å². The summed E-state index contributed by atoms with van der Waals surface area (Å²) in [5.41, 5.74) is 0. The van der Waals surface area contributed by atoms with Crippen LogP contribution in [0, 0.1) is 0 Å². The fraction of sp³-hybridized carbons (Fsp3) is 1.00. The van der Waals surface area contributed by atoms with Gasteiger partial charge in [0.15, 0.2) is 0 Å². The molecule has 0 aliphatic carbocycles. The fourth-order valence-electron chi connectivity index (χ4n) is 1.31. The van der Waals surface area contributed by atoms with E-state index < -0.39 is 18.3 Å². The maximum absolute atomic E-state index is 9.22. The molecule has 66 valence electrons. The molecule has 1 rings (SSSR count). The Morgan fingerprint density at radius 2 is 2.09 bits per heavy atom. The monoisotopic (exact) mass is 162 g/mol. The van der Waals surface area contributed by atoms with Gasteiger partial charge in [0.2, 0.25) is 0 Å². The number of aliphatic hydroxyl groups excluding tert-OH is 3. The fourth-order valence-corrected chi connectivity index (χ4v) is 1.31. The second-order valence-electron chi connectivity index (χ2n) is 2.96. The first-order chi connectivity index (χ1) is 5.15. The molecule has 4 nitrogen and oxygen atoms in total. The minimum Gasteiger partial charge on any atom is -0.394 e. The van der Waals surface area contributed by atoms with Crippen LogP contribution >= 0.6 is 0 Å². The lowest BCUT2D eigenvalue weighted by Gasteiger charge is -2.34. The Hall–Kier alpha value is -0.160. The third kappa shape index (κ3) is 1.90. The van der Waals surface area contributed by atoms with E-state index in [2.05, 4.69) is 0 Å². The van der Waals surface area contributed by atoms with E-state index in [1.165, 1.54) is 0 Å². The topological polar surface area (TPSA) is 69.9 Å². The van der Waals surface area contributed by atoms with Crippen LogP contribution in [0.2, 0.25) is 0 Å². The van der Waals surface area contributed by atoms with Crippen LogP contribution in [0.3, 0.4) is 0 Å². The largest absolute Gasteiger partial charge is 0.394 e. The number of rotatable bonds is 1. The van der Waals surface area contributed by atoms with E-state index in [0.717, 1.165) is 0 Å². The summed E-state index contributed by atoms with van der Waals surface area (Å²) in [6.45, 7) is 1.56. The van der Waals surface area contributed by atoms with Crippen molar-refractivity contribution in [2.45, 2.75) is 37.8 Å². The summed E-state index contributed by atoms with van der Waals surface area (Å²) < 4.78 is 5.16. The molecule has 3 N–H and O–H groups in total. The van der Waals surface area contributed by atoms with Gasteiger partial charge in [-0.2, -0.15) is 0 Å². The van der Waals surface area contributed by atoms with Gasteiger partial charge in [0, 0.05) is 6.42 Å². The Morgan fingerprint density at radius 3 is 2.64 bits per heavy atom. The van der Waals surface area contributed by atoms with E-state index in [1.54, 1.807) is 6.92 Å². The molecule has 0 amide bonds. The first kappa shape index (κ1) is 8.93. The predicted molar refractivity (Wildman–Crippen MR) is 38.1 cm³/mol. The number of hydrogen-bond acceptors (Lipinski definition) is 4. The zero-order chi connectivity index (χ0) is 8.43. The summed E-state index contributed by atoms with van der Waals surface area (Å²) in [7, 11) is 0. The Balaban J connectivity index is 2.51. The molecule has 0 spiro atoms. The van der Waals surface area contributed by atoms with Crippen LogP contribution in [0.25, 0.3) is 0 Å². The molecule has 1 fully saturated rings. The molecule has 0 aromatic carbocycles. The lowest BCUT2D eigenvalue weighted by Crippen LogP contribution is -2.49. The molecular weight excluding hydrogens is 148 g/mol. The standard InChI is InChI=1S/C7H14O4/c1-4-2-5(9)7(10)6(3-8)11-4/h4-10H,2-3H2,1H3/t4-,5+,6?,7-/m0/s1. The smallest absolute Gasteiger partial charge is 0.109 e. The van der Waals surface area contributed by atoms with Crippen LogP contribution in [-0.4, -0.2) is 46.3 Å². The Morgan fingerprint density at radius 1 is 1.45 bits per heavy atom. The molecule has 11 heavy (non-hydrogen) atoms.